The molecule has 1 atom stereocenters. The van der Waals surface area contributed by atoms with Crippen LogP contribution in [0.5, 0.6) is 0 Å². The third kappa shape index (κ3) is 5.32. The lowest BCUT2D eigenvalue weighted by atomic mass is 10.3. The summed E-state index contributed by atoms with van der Waals surface area (Å²) in [6, 6.07) is 9.69. The summed E-state index contributed by atoms with van der Waals surface area (Å²) < 4.78 is 1.91. The van der Waals surface area contributed by atoms with Gasteiger partial charge < -0.3 is 10.6 Å². The number of carbonyl (C=O) groups is 1. The number of benzene rings is 1. The van der Waals surface area contributed by atoms with E-state index in [0.29, 0.717) is 6.54 Å². The minimum atomic E-state index is -0.199. The van der Waals surface area contributed by atoms with Crippen molar-refractivity contribution in [3.8, 4) is 0 Å². The average molecular weight is 332 g/mol. The van der Waals surface area contributed by atoms with Crippen LogP contribution in [0.25, 0.3) is 0 Å². The van der Waals surface area contributed by atoms with Crippen LogP contribution in [0.2, 0.25) is 0 Å². The van der Waals surface area contributed by atoms with Crippen LogP contribution in [0.1, 0.15) is 25.2 Å². The Morgan fingerprint density at radius 1 is 1.30 bits per heavy atom. The molecule has 2 aromatic rings. The molecule has 1 aromatic heterocycles. The van der Waals surface area contributed by atoms with Crippen molar-refractivity contribution >= 4 is 23.5 Å². The van der Waals surface area contributed by atoms with Crippen molar-refractivity contribution < 1.29 is 4.79 Å². The smallest absolute Gasteiger partial charge is 0.319 e. The van der Waals surface area contributed by atoms with E-state index >= 15 is 0 Å². The Bertz CT molecular complexity index is 651. The molecule has 0 bridgehead atoms. The molecule has 124 valence electrons. The normalized spacial score (nSPS) is 12.0. The third-order valence-corrected chi connectivity index (χ3v) is 4.25. The number of anilines is 1. The second-order valence-electron chi connectivity index (χ2n) is 5.57. The van der Waals surface area contributed by atoms with Crippen molar-refractivity contribution in [1.82, 2.24) is 15.1 Å². The maximum absolute atomic E-state index is 12.1. The van der Waals surface area contributed by atoms with E-state index in [1.807, 2.05) is 55.8 Å². The number of thioether (sulfide) groups is 1. The first-order valence-corrected chi connectivity index (χ1v) is 8.78. The van der Waals surface area contributed by atoms with E-state index in [1.165, 1.54) is 4.90 Å². The molecule has 1 unspecified atom stereocenters. The molecular weight excluding hydrogens is 308 g/mol. The van der Waals surface area contributed by atoms with E-state index in [2.05, 4.69) is 22.7 Å². The van der Waals surface area contributed by atoms with Crippen LogP contribution in [0.15, 0.2) is 35.2 Å². The quantitative estimate of drug-likeness (QED) is 0.791. The van der Waals surface area contributed by atoms with Crippen molar-refractivity contribution in [2.75, 3.05) is 11.1 Å². The van der Waals surface area contributed by atoms with Gasteiger partial charge in [-0.1, -0.05) is 6.92 Å². The number of hydrogen-bond acceptors (Lipinski definition) is 3. The molecule has 0 aliphatic heterocycles. The third-order valence-electron chi connectivity index (χ3n) is 3.35. The highest BCUT2D eigenvalue weighted by atomic mass is 32.2. The number of carbonyl (C=O) groups excluding carboxylic acids is 1. The molecule has 0 fully saturated rings. The fourth-order valence-corrected chi connectivity index (χ4v) is 3.02. The molecular formula is C17H24N4OS. The summed E-state index contributed by atoms with van der Waals surface area (Å²) >= 11 is 1.78. The van der Waals surface area contributed by atoms with Gasteiger partial charge in [-0.15, -0.1) is 11.8 Å². The van der Waals surface area contributed by atoms with Crippen LogP contribution >= 0.6 is 11.8 Å². The molecule has 0 saturated heterocycles. The number of rotatable bonds is 6. The number of aromatic nitrogens is 2. The van der Waals surface area contributed by atoms with Crippen LogP contribution in [-0.4, -0.2) is 27.6 Å². The highest BCUT2D eigenvalue weighted by molar-refractivity contribution is 7.99. The maximum Gasteiger partial charge on any atom is 0.319 e. The SMILES string of the molecule is CCSc1ccc(NC(=O)NC(C)Cn2nc(C)cc2C)cc1. The van der Waals surface area contributed by atoms with Crippen LogP contribution in [0.4, 0.5) is 10.5 Å². The molecule has 23 heavy (non-hydrogen) atoms. The van der Waals surface area contributed by atoms with Gasteiger partial charge in [0.1, 0.15) is 0 Å². The van der Waals surface area contributed by atoms with E-state index in [4.69, 9.17) is 0 Å². The molecule has 2 N–H and O–H groups in total. The molecule has 1 heterocycles. The predicted octanol–water partition coefficient (Wildman–Crippen LogP) is 3.82. The topological polar surface area (TPSA) is 59.0 Å². The van der Waals surface area contributed by atoms with Gasteiger partial charge in [-0.25, -0.2) is 4.79 Å². The molecule has 2 amide bonds. The second-order valence-corrected chi connectivity index (χ2v) is 6.90. The number of hydrogen-bond donors (Lipinski definition) is 2. The summed E-state index contributed by atoms with van der Waals surface area (Å²) in [7, 11) is 0. The van der Waals surface area contributed by atoms with Crippen LogP contribution in [0, 0.1) is 13.8 Å². The van der Waals surface area contributed by atoms with Gasteiger partial charge in [0.05, 0.1) is 12.2 Å². The van der Waals surface area contributed by atoms with Gasteiger partial charge in [0, 0.05) is 22.3 Å². The summed E-state index contributed by atoms with van der Waals surface area (Å²) in [6.07, 6.45) is 0. The Kier molecular flexibility index (Phi) is 6.10. The molecule has 2 rings (SSSR count). The van der Waals surface area contributed by atoms with E-state index < -0.39 is 0 Å². The molecule has 5 nitrogen and oxygen atoms in total. The van der Waals surface area contributed by atoms with Crippen molar-refractivity contribution in [2.45, 2.75) is 45.2 Å². The lowest BCUT2D eigenvalue weighted by Gasteiger charge is -2.16. The summed E-state index contributed by atoms with van der Waals surface area (Å²) in [6.45, 7) is 8.72. The Balaban J connectivity index is 1.85. The average Bonchev–Trinajstić information content (AvgIpc) is 2.79. The van der Waals surface area contributed by atoms with Gasteiger partial charge >= 0.3 is 6.03 Å². The molecule has 6 heteroatoms. The van der Waals surface area contributed by atoms with E-state index in [9.17, 15) is 4.79 Å². The maximum atomic E-state index is 12.1. The standard InChI is InChI=1S/C17H24N4OS/c1-5-23-16-8-6-15(7-9-16)19-17(22)18-13(3)11-21-14(4)10-12(2)20-21/h6-10,13H,5,11H2,1-4H3,(H2,18,19,22). The fourth-order valence-electron chi connectivity index (χ4n) is 2.36. The Morgan fingerprint density at radius 3 is 2.57 bits per heavy atom. The highest BCUT2D eigenvalue weighted by Crippen LogP contribution is 2.19. The fraction of sp³-hybridized carbons (Fsp3) is 0.412. The Hall–Kier alpha value is -1.95. The van der Waals surface area contributed by atoms with Gasteiger partial charge in [-0.2, -0.15) is 5.10 Å². The summed E-state index contributed by atoms with van der Waals surface area (Å²) in [5, 5.41) is 10.2. The first-order valence-electron chi connectivity index (χ1n) is 7.79. The van der Waals surface area contributed by atoms with E-state index in [1.54, 1.807) is 11.8 Å². The molecule has 0 saturated carbocycles. The van der Waals surface area contributed by atoms with Gasteiger partial charge in [0.2, 0.25) is 0 Å². The first kappa shape index (κ1) is 17.4. The number of nitrogens with one attached hydrogen (secondary N) is 2. The van der Waals surface area contributed by atoms with Gasteiger partial charge in [0.25, 0.3) is 0 Å². The van der Waals surface area contributed by atoms with Crippen molar-refractivity contribution in [2.24, 2.45) is 0 Å². The summed E-state index contributed by atoms with van der Waals surface area (Å²) in [5.74, 6) is 1.04. The van der Waals surface area contributed by atoms with E-state index in [-0.39, 0.29) is 12.1 Å². The molecule has 1 aromatic carbocycles. The lowest BCUT2D eigenvalue weighted by molar-refractivity contribution is 0.247. The number of nitrogens with zero attached hydrogens (tertiary/aromatic N) is 2. The zero-order valence-electron chi connectivity index (χ0n) is 14.1. The number of urea groups is 1. The first-order chi connectivity index (χ1) is 11.0. The zero-order valence-corrected chi connectivity index (χ0v) is 14.9. The van der Waals surface area contributed by atoms with Crippen LogP contribution in [0.3, 0.4) is 0 Å². The minimum absolute atomic E-state index is 0.0112. The monoisotopic (exact) mass is 332 g/mol. The summed E-state index contributed by atoms with van der Waals surface area (Å²) in [5.41, 5.74) is 2.88. The molecule has 0 aliphatic rings. The molecule has 0 radical (unpaired) electrons. The lowest BCUT2D eigenvalue weighted by Crippen LogP contribution is -2.38. The van der Waals surface area contributed by atoms with Crippen molar-refractivity contribution in [3.63, 3.8) is 0 Å². The number of aryl methyl sites for hydroxylation is 2. The molecule has 0 aliphatic carbocycles. The minimum Gasteiger partial charge on any atom is -0.334 e. The number of amides is 2. The van der Waals surface area contributed by atoms with Crippen molar-refractivity contribution in [3.05, 3.63) is 41.7 Å². The van der Waals surface area contributed by atoms with Gasteiger partial charge in [-0.05, 0) is 56.9 Å². The Morgan fingerprint density at radius 2 is 2.00 bits per heavy atom. The van der Waals surface area contributed by atoms with Gasteiger partial charge in [0.15, 0.2) is 0 Å². The Labute approximate surface area is 141 Å². The van der Waals surface area contributed by atoms with Crippen LogP contribution < -0.4 is 10.6 Å². The summed E-state index contributed by atoms with van der Waals surface area (Å²) in [4.78, 5) is 13.3. The predicted molar refractivity (Wildman–Crippen MR) is 96.2 cm³/mol. The molecule has 0 spiro atoms. The largest absolute Gasteiger partial charge is 0.334 e. The van der Waals surface area contributed by atoms with E-state index in [0.717, 1.165) is 22.8 Å². The highest BCUT2D eigenvalue weighted by Gasteiger charge is 2.10. The zero-order chi connectivity index (χ0) is 16.8. The van der Waals surface area contributed by atoms with Crippen LogP contribution in [-0.2, 0) is 6.54 Å². The van der Waals surface area contributed by atoms with Crippen molar-refractivity contribution in [1.29, 1.82) is 0 Å². The van der Waals surface area contributed by atoms with Gasteiger partial charge in [-0.3, -0.25) is 4.68 Å². The second kappa shape index (κ2) is 8.06.